The molecule has 0 bridgehead atoms. The van der Waals surface area contributed by atoms with Gasteiger partial charge in [0.05, 0.1) is 52.4 Å². The Morgan fingerprint density at radius 2 is 1.56 bits per heavy atom. The molecule has 6 rings (SSSR count). The van der Waals surface area contributed by atoms with E-state index in [2.05, 4.69) is 70.8 Å². The number of carbonyl (C=O) groups excluding carboxylic acids is 1. The van der Waals surface area contributed by atoms with Crippen molar-refractivity contribution in [2.45, 2.75) is 83.6 Å². The molecular weight excluding hydrogens is 745 g/mol. The van der Waals surface area contributed by atoms with E-state index in [0.29, 0.717) is 34.9 Å². The van der Waals surface area contributed by atoms with Crippen LogP contribution in [0.3, 0.4) is 0 Å². The summed E-state index contributed by atoms with van der Waals surface area (Å²) < 4.78 is 42.7. The number of benzene rings is 3. The summed E-state index contributed by atoms with van der Waals surface area (Å²) in [5.41, 5.74) is 2.48. The molecule has 14 nitrogen and oxygen atoms in total. The van der Waals surface area contributed by atoms with E-state index in [1.807, 2.05) is 71.3 Å². The van der Waals surface area contributed by atoms with E-state index in [0.717, 1.165) is 16.7 Å². The molecule has 0 spiro atoms. The Balaban J connectivity index is 1.43. The van der Waals surface area contributed by atoms with Gasteiger partial charge in [-0.1, -0.05) is 54.6 Å². The number of hydrogen-bond donors (Lipinski definition) is 1. The minimum Gasteiger partial charge on any atom is -0.497 e. The van der Waals surface area contributed by atoms with Crippen LogP contribution in [0.5, 0.6) is 11.5 Å². The Morgan fingerprint density at radius 1 is 0.947 bits per heavy atom. The first-order chi connectivity index (χ1) is 27.6. The first kappa shape index (κ1) is 41.6. The predicted molar refractivity (Wildman–Crippen MR) is 217 cm³/mol. The zero-order valence-corrected chi connectivity index (χ0v) is 34.3. The number of amides is 1. The fourth-order valence-electron chi connectivity index (χ4n) is 7.14. The molecule has 3 heterocycles. The largest absolute Gasteiger partial charge is 0.497 e. The summed E-state index contributed by atoms with van der Waals surface area (Å²) in [6, 6.07) is 28.2. The number of carbonyl (C=O) groups is 1. The summed E-state index contributed by atoms with van der Waals surface area (Å²) >= 11 is 0. The van der Waals surface area contributed by atoms with Crippen molar-refractivity contribution in [3.63, 3.8) is 0 Å². The number of methoxy groups -OCH3 is 2. The first-order valence-electron chi connectivity index (χ1n) is 18.9. The van der Waals surface area contributed by atoms with Crippen LogP contribution in [0.15, 0.2) is 91.5 Å². The van der Waals surface area contributed by atoms with Gasteiger partial charge in [0.1, 0.15) is 35.8 Å². The van der Waals surface area contributed by atoms with Crippen LogP contribution in [0.4, 0.5) is 5.82 Å². The molecule has 0 saturated carbocycles. The molecule has 15 heteroatoms. The molecular formula is C42H50N7O7P. The Morgan fingerprint density at radius 3 is 2.12 bits per heavy atom. The molecule has 3 aromatic carbocycles. The van der Waals surface area contributed by atoms with Crippen molar-refractivity contribution < 1.29 is 32.8 Å². The fourth-order valence-corrected chi connectivity index (χ4v) is 8.90. The van der Waals surface area contributed by atoms with Crippen molar-refractivity contribution in [1.29, 1.82) is 5.26 Å². The lowest BCUT2D eigenvalue weighted by Gasteiger charge is -2.39. The van der Waals surface area contributed by atoms with E-state index in [4.69, 9.17) is 28.0 Å². The average Bonchev–Trinajstić information content (AvgIpc) is 3.83. The third kappa shape index (κ3) is 9.26. The second kappa shape index (κ2) is 19.0. The number of imidazole rings is 1. The van der Waals surface area contributed by atoms with Crippen molar-refractivity contribution in [2.24, 2.45) is 0 Å². The van der Waals surface area contributed by atoms with Crippen molar-refractivity contribution >= 4 is 31.4 Å². The van der Waals surface area contributed by atoms with Crippen LogP contribution in [0.1, 0.15) is 70.4 Å². The maximum atomic E-state index is 12.0. The van der Waals surface area contributed by atoms with Gasteiger partial charge in [0.25, 0.3) is 8.53 Å². The molecule has 1 amide bonds. The van der Waals surface area contributed by atoms with Gasteiger partial charge in [-0.3, -0.25) is 9.36 Å². The van der Waals surface area contributed by atoms with Gasteiger partial charge in [-0.05, 0) is 68.7 Å². The number of rotatable bonds is 18. The van der Waals surface area contributed by atoms with E-state index in [1.165, 1.54) is 13.3 Å². The number of nitrogens with one attached hydrogen (secondary N) is 1. The highest BCUT2D eigenvalue weighted by Gasteiger charge is 2.45. The molecule has 1 aliphatic heterocycles. The van der Waals surface area contributed by atoms with E-state index in [-0.39, 0.29) is 37.6 Å². The highest BCUT2D eigenvalue weighted by Crippen LogP contribution is 2.51. The number of anilines is 1. The highest BCUT2D eigenvalue weighted by atomic mass is 31.2. The molecule has 1 saturated heterocycles. The van der Waals surface area contributed by atoms with Crippen molar-refractivity contribution in [1.82, 2.24) is 24.2 Å². The Kier molecular flexibility index (Phi) is 13.8. The summed E-state index contributed by atoms with van der Waals surface area (Å²) in [4.78, 5) is 25.3. The van der Waals surface area contributed by atoms with E-state index in [1.54, 1.807) is 20.5 Å². The maximum absolute atomic E-state index is 12.0. The summed E-state index contributed by atoms with van der Waals surface area (Å²) in [6.45, 7) is 10.1. The summed E-state index contributed by atoms with van der Waals surface area (Å²) in [6.07, 6.45) is 1.92. The number of nitriles is 1. The molecule has 0 aliphatic carbocycles. The van der Waals surface area contributed by atoms with E-state index in [9.17, 15) is 10.1 Å². The van der Waals surface area contributed by atoms with Gasteiger partial charge >= 0.3 is 0 Å². The molecule has 2 aromatic heterocycles. The lowest BCUT2D eigenvalue weighted by molar-refractivity contribution is -0.114. The highest BCUT2D eigenvalue weighted by molar-refractivity contribution is 7.44. The summed E-state index contributed by atoms with van der Waals surface area (Å²) in [7, 11) is 1.64. The third-order valence-electron chi connectivity index (χ3n) is 9.67. The maximum Gasteiger partial charge on any atom is 0.259 e. The minimum atomic E-state index is -1.64. The number of fused-ring (bicyclic) bond motifs is 1. The number of nitrogens with zero attached hydrogens (tertiary/aromatic N) is 6. The molecule has 300 valence electrons. The van der Waals surface area contributed by atoms with Crippen LogP contribution in [-0.2, 0) is 28.9 Å². The number of hydrogen-bond acceptors (Lipinski definition) is 12. The SMILES string of the molecule is COc1ccc(C(OCC2OC(n3cnc4c(NC(C)=O)ncnc43)CC2OP(OCCC#N)N(C(C)C)C(C)C)(c2ccccc2)c2ccc(OC)cc2)cc1. The van der Waals surface area contributed by atoms with Gasteiger partial charge in [-0.25, -0.2) is 19.6 Å². The summed E-state index contributed by atoms with van der Waals surface area (Å²) in [5, 5.41) is 12.1. The topological polar surface area (TPSA) is 155 Å². The lowest BCUT2D eigenvalue weighted by Crippen LogP contribution is -2.39. The van der Waals surface area contributed by atoms with Crippen LogP contribution in [-0.4, -0.2) is 81.8 Å². The summed E-state index contributed by atoms with van der Waals surface area (Å²) in [5.74, 6) is 1.47. The van der Waals surface area contributed by atoms with Gasteiger partial charge in [-0.15, -0.1) is 0 Å². The van der Waals surface area contributed by atoms with Gasteiger partial charge < -0.3 is 33.3 Å². The molecule has 1 fully saturated rings. The number of ether oxygens (including phenoxy) is 4. The van der Waals surface area contributed by atoms with E-state index < -0.39 is 32.6 Å². The monoisotopic (exact) mass is 795 g/mol. The van der Waals surface area contributed by atoms with E-state index >= 15 is 0 Å². The molecule has 0 radical (unpaired) electrons. The molecule has 4 atom stereocenters. The minimum absolute atomic E-state index is 0.0865. The van der Waals surface area contributed by atoms with Crippen LogP contribution < -0.4 is 14.8 Å². The van der Waals surface area contributed by atoms with Crippen molar-refractivity contribution in [3.8, 4) is 17.6 Å². The lowest BCUT2D eigenvalue weighted by atomic mass is 9.80. The zero-order chi connectivity index (χ0) is 40.5. The van der Waals surface area contributed by atoms with Crippen molar-refractivity contribution in [3.05, 3.63) is 108 Å². The number of aromatic nitrogens is 4. The van der Waals surface area contributed by atoms with Gasteiger partial charge in [0.15, 0.2) is 17.0 Å². The van der Waals surface area contributed by atoms with Gasteiger partial charge in [-0.2, -0.15) is 5.26 Å². The van der Waals surface area contributed by atoms with Crippen LogP contribution >= 0.6 is 8.53 Å². The Bertz CT molecular complexity index is 2050. The van der Waals surface area contributed by atoms with Gasteiger partial charge in [0, 0.05) is 25.4 Å². The van der Waals surface area contributed by atoms with Crippen LogP contribution in [0.2, 0.25) is 0 Å². The molecule has 4 unspecified atom stereocenters. The Labute approximate surface area is 335 Å². The Hall–Kier alpha value is -5.00. The standard InChI is InChI=1S/C42H50N7O7P/c1-28(2)49(29(3)4)57(54-23-11-22-43)56-36-24-38(48-27-46-39-40(47-30(5)50)44-26-45-41(39)48)55-37(36)25-53-42(31-12-9-8-10-13-31,32-14-18-34(51-6)19-15-32)33-16-20-35(52-7)21-17-33/h8-10,12-21,26-29,36-38H,11,23-25H2,1-7H3,(H,44,45,47,50). The second-order valence-electron chi connectivity index (χ2n) is 14.1. The molecule has 1 N–H and O–H groups in total. The van der Waals surface area contributed by atoms with Gasteiger partial charge in [0.2, 0.25) is 5.91 Å². The predicted octanol–water partition coefficient (Wildman–Crippen LogP) is 7.76. The first-order valence-corrected chi connectivity index (χ1v) is 20.1. The zero-order valence-electron chi connectivity index (χ0n) is 33.4. The third-order valence-corrected chi connectivity index (χ3v) is 11.8. The average molecular weight is 796 g/mol. The van der Waals surface area contributed by atoms with Crippen LogP contribution in [0.25, 0.3) is 11.2 Å². The molecule has 1 aliphatic rings. The molecule has 57 heavy (non-hydrogen) atoms. The van der Waals surface area contributed by atoms with Crippen molar-refractivity contribution in [2.75, 3.05) is 32.8 Å². The second-order valence-corrected chi connectivity index (χ2v) is 15.5. The quantitative estimate of drug-likeness (QED) is 0.0524. The fraction of sp³-hybridized carbons (Fsp3) is 0.405. The molecule has 5 aromatic rings. The van der Waals surface area contributed by atoms with Crippen LogP contribution in [0, 0.1) is 11.3 Å². The normalized spacial score (nSPS) is 17.6. The smallest absolute Gasteiger partial charge is 0.259 e.